The lowest BCUT2D eigenvalue weighted by molar-refractivity contribution is -0.147. The number of carboxylic acids is 1. The van der Waals surface area contributed by atoms with Gasteiger partial charge in [-0.2, -0.15) is 0 Å². The van der Waals surface area contributed by atoms with Gasteiger partial charge in [0.2, 0.25) is 0 Å². The predicted molar refractivity (Wildman–Crippen MR) is 68.2 cm³/mol. The fourth-order valence-corrected chi connectivity index (χ4v) is 2.66. The van der Waals surface area contributed by atoms with Gasteiger partial charge >= 0.3 is 5.97 Å². The van der Waals surface area contributed by atoms with E-state index < -0.39 is 5.97 Å². The van der Waals surface area contributed by atoms with Crippen molar-refractivity contribution in [2.45, 2.75) is 19.3 Å². The van der Waals surface area contributed by atoms with Crippen LogP contribution in [0.2, 0.25) is 0 Å². The third-order valence-corrected chi connectivity index (χ3v) is 4.24. The van der Waals surface area contributed by atoms with E-state index in [-0.39, 0.29) is 11.8 Å². The number of carboxylic acid groups (broad SMARTS) is 1. The number of halogens is 1. The number of ether oxygens (including phenoxy) is 1. The molecule has 92 valence electrons. The van der Waals surface area contributed by atoms with Gasteiger partial charge in [0.25, 0.3) is 0 Å². The van der Waals surface area contributed by atoms with Crippen LogP contribution in [-0.2, 0) is 11.2 Å². The van der Waals surface area contributed by atoms with Crippen molar-refractivity contribution in [2.24, 2.45) is 11.8 Å². The van der Waals surface area contributed by atoms with E-state index >= 15 is 0 Å². The minimum absolute atomic E-state index is 0.173. The van der Waals surface area contributed by atoms with Crippen LogP contribution < -0.4 is 4.74 Å². The summed E-state index contributed by atoms with van der Waals surface area (Å²) < 4.78 is 6.20. The summed E-state index contributed by atoms with van der Waals surface area (Å²) in [6.45, 7) is 0. The Kier molecular flexibility index (Phi) is 3.72. The zero-order chi connectivity index (χ0) is 12.4. The molecule has 0 spiro atoms. The summed E-state index contributed by atoms with van der Waals surface area (Å²) in [5.74, 6) is 0.235. The van der Waals surface area contributed by atoms with E-state index in [0.717, 1.165) is 35.0 Å². The van der Waals surface area contributed by atoms with Crippen LogP contribution in [0.5, 0.6) is 5.75 Å². The first kappa shape index (κ1) is 12.4. The number of methoxy groups -OCH3 is 1. The van der Waals surface area contributed by atoms with E-state index in [9.17, 15) is 4.79 Å². The van der Waals surface area contributed by atoms with Crippen LogP contribution in [0.15, 0.2) is 22.7 Å². The summed E-state index contributed by atoms with van der Waals surface area (Å²) >= 11 is 3.50. The third-order valence-electron chi connectivity index (χ3n) is 3.47. The Morgan fingerprint density at radius 1 is 1.53 bits per heavy atom. The Morgan fingerprint density at radius 2 is 2.29 bits per heavy atom. The number of aliphatic carboxylic acids is 1. The molecule has 0 heterocycles. The van der Waals surface area contributed by atoms with Crippen molar-refractivity contribution >= 4 is 21.9 Å². The van der Waals surface area contributed by atoms with Crippen molar-refractivity contribution in [3.8, 4) is 5.75 Å². The monoisotopic (exact) mass is 298 g/mol. The van der Waals surface area contributed by atoms with Crippen molar-refractivity contribution in [2.75, 3.05) is 7.11 Å². The first-order valence-corrected chi connectivity index (χ1v) is 6.46. The summed E-state index contributed by atoms with van der Waals surface area (Å²) in [6, 6.07) is 5.81. The van der Waals surface area contributed by atoms with E-state index in [1.54, 1.807) is 7.11 Å². The van der Waals surface area contributed by atoms with Crippen LogP contribution in [0.3, 0.4) is 0 Å². The predicted octanol–water partition coefficient (Wildman–Crippen LogP) is 3.11. The van der Waals surface area contributed by atoms with Crippen molar-refractivity contribution < 1.29 is 14.6 Å². The molecular formula is C13H15BrO3. The molecule has 1 aliphatic carbocycles. The first-order valence-electron chi connectivity index (χ1n) is 5.67. The van der Waals surface area contributed by atoms with Gasteiger partial charge in [-0.1, -0.05) is 15.9 Å². The van der Waals surface area contributed by atoms with Gasteiger partial charge < -0.3 is 9.84 Å². The number of hydrogen-bond donors (Lipinski definition) is 1. The maximum Gasteiger partial charge on any atom is 0.306 e. The molecule has 1 aliphatic rings. The average molecular weight is 299 g/mol. The molecule has 0 aromatic heterocycles. The number of rotatable bonds is 4. The highest BCUT2D eigenvalue weighted by molar-refractivity contribution is 9.10. The lowest BCUT2D eigenvalue weighted by atomic mass is 9.71. The number of carbonyl (C=O) groups is 1. The highest BCUT2D eigenvalue weighted by Crippen LogP contribution is 2.38. The van der Waals surface area contributed by atoms with E-state index in [0.29, 0.717) is 0 Å². The smallest absolute Gasteiger partial charge is 0.306 e. The summed E-state index contributed by atoms with van der Waals surface area (Å²) in [4.78, 5) is 11.0. The Hall–Kier alpha value is -1.03. The lowest BCUT2D eigenvalue weighted by Gasteiger charge is -2.33. The second-order valence-electron chi connectivity index (χ2n) is 4.44. The number of benzene rings is 1. The highest BCUT2D eigenvalue weighted by atomic mass is 79.9. The summed E-state index contributed by atoms with van der Waals surface area (Å²) in [7, 11) is 1.64. The summed E-state index contributed by atoms with van der Waals surface area (Å²) in [6.07, 6.45) is 2.61. The fraction of sp³-hybridized carbons (Fsp3) is 0.462. The van der Waals surface area contributed by atoms with Crippen LogP contribution in [0.4, 0.5) is 0 Å². The van der Waals surface area contributed by atoms with E-state index in [4.69, 9.17) is 9.84 Å². The summed E-state index contributed by atoms with van der Waals surface area (Å²) in [5, 5.41) is 9.02. The Morgan fingerprint density at radius 3 is 2.82 bits per heavy atom. The van der Waals surface area contributed by atoms with Gasteiger partial charge in [0, 0.05) is 4.47 Å². The molecule has 1 N–H and O–H groups in total. The van der Waals surface area contributed by atoms with E-state index in [2.05, 4.69) is 15.9 Å². The molecule has 0 saturated heterocycles. The lowest BCUT2D eigenvalue weighted by Crippen LogP contribution is -2.34. The van der Waals surface area contributed by atoms with Crippen LogP contribution in [-0.4, -0.2) is 18.2 Å². The van der Waals surface area contributed by atoms with Crippen molar-refractivity contribution in [3.05, 3.63) is 28.2 Å². The van der Waals surface area contributed by atoms with Gasteiger partial charge in [-0.15, -0.1) is 0 Å². The van der Waals surface area contributed by atoms with Gasteiger partial charge in [0.15, 0.2) is 0 Å². The zero-order valence-electron chi connectivity index (χ0n) is 9.65. The molecule has 0 radical (unpaired) electrons. The van der Waals surface area contributed by atoms with Crippen LogP contribution in [0.1, 0.15) is 18.4 Å². The standard InChI is InChI=1S/C13H15BrO3/c1-17-10-3-5-12(14)9(7-10)6-8-2-4-11(8)13(15)16/h3,5,7-8,11H,2,4,6H2,1H3,(H,15,16). The molecule has 1 aromatic rings. The molecule has 0 bridgehead atoms. The average Bonchev–Trinajstić information content (AvgIpc) is 2.25. The normalized spacial score (nSPS) is 22.9. The second-order valence-corrected chi connectivity index (χ2v) is 5.30. The largest absolute Gasteiger partial charge is 0.497 e. The SMILES string of the molecule is COc1ccc(Br)c(CC2CCC2C(=O)O)c1. The molecule has 2 atom stereocenters. The maximum absolute atomic E-state index is 11.0. The maximum atomic E-state index is 11.0. The van der Waals surface area contributed by atoms with Crippen LogP contribution in [0, 0.1) is 11.8 Å². The molecule has 1 saturated carbocycles. The molecular weight excluding hydrogens is 284 g/mol. The van der Waals surface area contributed by atoms with Crippen molar-refractivity contribution in [1.82, 2.24) is 0 Å². The molecule has 2 unspecified atom stereocenters. The molecule has 1 aromatic carbocycles. The van der Waals surface area contributed by atoms with Gasteiger partial charge in [-0.05, 0) is 48.9 Å². The zero-order valence-corrected chi connectivity index (χ0v) is 11.2. The van der Waals surface area contributed by atoms with E-state index in [1.807, 2.05) is 18.2 Å². The molecule has 3 nitrogen and oxygen atoms in total. The fourth-order valence-electron chi connectivity index (χ4n) is 2.26. The molecule has 4 heteroatoms. The van der Waals surface area contributed by atoms with Crippen molar-refractivity contribution in [1.29, 1.82) is 0 Å². The van der Waals surface area contributed by atoms with Gasteiger partial charge in [-0.3, -0.25) is 4.79 Å². The van der Waals surface area contributed by atoms with Gasteiger partial charge in [0.1, 0.15) is 5.75 Å². The quantitative estimate of drug-likeness (QED) is 0.929. The van der Waals surface area contributed by atoms with Crippen LogP contribution >= 0.6 is 15.9 Å². The molecule has 1 fully saturated rings. The Bertz CT molecular complexity index is 431. The second kappa shape index (κ2) is 5.08. The van der Waals surface area contributed by atoms with Gasteiger partial charge in [-0.25, -0.2) is 0 Å². The molecule has 2 rings (SSSR count). The Labute approximate surface area is 109 Å². The van der Waals surface area contributed by atoms with E-state index in [1.165, 1.54) is 0 Å². The minimum atomic E-state index is -0.666. The number of hydrogen-bond acceptors (Lipinski definition) is 2. The highest BCUT2D eigenvalue weighted by Gasteiger charge is 2.36. The molecule has 0 amide bonds. The first-order chi connectivity index (χ1) is 8.11. The molecule has 0 aliphatic heterocycles. The van der Waals surface area contributed by atoms with Gasteiger partial charge in [0.05, 0.1) is 13.0 Å². The van der Waals surface area contributed by atoms with Crippen molar-refractivity contribution in [3.63, 3.8) is 0 Å². The minimum Gasteiger partial charge on any atom is -0.497 e. The summed E-state index contributed by atoms with van der Waals surface area (Å²) in [5.41, 5.74) is 1.13. The van der Waals surface area contributed by atoms with Crippen LogP contribution in [0.25, 0.3) is 0 Å². The Balaban J connectivity index is 2.10. The topological polar surface area (TPSA) is 46.5 Å². The third kappa shape index (κ3) is 2.63. The molecule has 17 heavy (non-hydrogen) atoms.